The van der Waals surface area contributed by atoms with E-state index in [1.54, 1.807) is 7.05 Å². The van der Waals surface area contributed by atoms with E-state index < -0.39 is 48.2 Å². The molecular weight excluding hydrogens is 518 g/mol. The van der Waals surface area contributed by atoms with Crippen LogP contribution in [-0.2, 0) is 24.0 Å². The first-order valence-corrected chi connectivity index (χ1v) is 11.6. The number of benzene rings is 1. The number of primary amides is 1. The molecule has 1 aromatic rings. The van der Waals surface area contributed by atoms with Crippen LogP contribution in [0.15, 0.2) is 40.7 Å². The van der Waals surface area contributed by atoms with Crippen LogP contribution in [0.4, 0.5) is 5.69 Å². The molecule has 15 nitrogen and oxygen atoms in total. The first kappa shape index (κ1) is 32.5. The average Bonchev–Trinajstić information content (AvgIpc) is 3.21. The van der Waals surface area contributed by atoms with Crippen LogP contribution in [0.1, 0.15) is 38.3 Å². The standard InChI is InChI=1S/C15H18N4O.C6H8O7.C3H7NO2/c1-9(2)7-19-8-17-12-13(15(16)20)18-11-6-4-3-5-10(11)14(12)19;7-3(8)1-6(13,5(11)12)2-4(9)10;1-4-2-3(5)6/h3-6,8-9,14,18H,7H2,1-2H3,(H2,16,20);13H,1-2H2,(H,7,8)(H,9,10)(H,11,12);4H,2H2,1H3,(H,5,6). The van der Waals surface area contributed by atoms with Gasteiger partial charge in [0.2, 0.25) is 0 Å². The molecule has 2 aliphatic rings. The predicted octanol–water partition coefficient (Wildman–Crippen LogP) is -0.108. The van der Waals surface area contributed by atoms with Crippen LogP contribution in [0, 0.1) is 5.92 Å². The molecule has 1 amide bonds. The minimum absolute atomic E-state index is 0.0163. The van der Waals surface area contributed by atoms with Crippen LogP contribution in [0.2, 0.25) is 0 Å². The molecule has 0 fully saturated rings. The lowest BCUT2D eigenvalue weighted by Gasteiger charge is -2.32. The smallest absolute Gasteiger partial charge is 0.336 e. The SMILES string of the molecule is CC(C)CN1C=NC2=C(C(N)=O)Nc3ccccc3C21.CNCC(=O)O.O=C(O)CC(O)(CC(=O)O)C(=O)O. The summed E-state index contributed by atoms with van der Waals surface area (Å²) >= 11 is 0. The number of carbonyl (C=O) groups is 5. The third-order valence-electron chi connectivity index (χ3n) is 5.14. The van der Waals surface area contributed by atoms with Gasteiger partial charge in [-0.05, 0) is 19.0 Å². The number of aliphatic hydroxyl groups is 1. The molecule has 0 aromatic heterocycles. The number of carbonyl (C=O) groups excluding carboxylic acids is 1. The quantitative estimate of drug-likeness (QED) is 0.189. The van der Waals surface area contributed by atoms with Gasteiger partial charge < -0.3 is 46.8 Å². The summed E-state index contributed by atoms with van der Waals surface area (Å²) in [6, 6.07) is 7.95. The summed E-state index contributed by atoms with van der Waals surface area (Å²) in [4.78, 5) is 58.2. The van der Waals surface area contributed by atoms with Crippen molar-refractivity contribution >= 4 is 41.8 Å². The zero-order valence-electron chi connectivity index (χ0n) is 21.6. The number of rotatable bonds is 10. The number of carboxylic acids is 4. The third-order valence-corrected chi connectivity index (χ3v) is 5.14. The van der Waals surface area contributed by atoms with E-state index in [1.807, 2.05) is 24.5 Å². The van der Waals surface area contributed by atoms with Gasteiger partial charge in [-0.25, -0.2) is 9.79 Å². The number of likely N-dealkylation sites (N-methyl/N-ethyl adjacent to an activating group) is 1. The third kappa shape index (κ3) is 9.71. The molecule has 1 aromatic carbocycles. The van der Waals surface area contributed by atoms with Gasteiger partial charge in [-0.15, -0.1) is 0 Å². The van der Waals surface area contributed by atoms with E-state index in [0.29, 0.717) is 11.6 Å². The summed E-state index contributed by atoms with van der Waals surface area (Å²) in [6.07, 6.45) is -0.476. The number of fused-ring (bicyclic) bond motifs is 3. The number of anilines is 1. The number of nitrogens with zero attached hydrogens (tertiary/aromatic N) is 2. The highest BCUT2D eigenvalue weighted by molar-refractivity contribution is 5.98. The largest absolute Gasteiger partial charge is 0.481 e. The van der Waals surface area contributed by atoms with Crippen LogP contribution >= 0.6 is 0 Å². The van der Waals surface area contributed by atoms with Gasteiger partial charge in [-0.1, -0.05) is 32.0 Å². The molecule has 0 bridgehead atoms. The van der Waals surface area contributed by atoms with Gasteiger partial charge in [0, 0.05) is 17.8 Å². The molecule has 214 valence electrons. The molecule has 0 spiro atoms. The topological polar surface area (TPSA) is 252 Å². The monoisotopic (exact) mass is 551 g/mol. The van der Waals surface area contributed by atoms with Gasteiger partial charge in [-0.3, -0.25) is 19.2 Å². The van der Waals surface area contributed by atoms with Gasteiger partial charge in [0.15, 0.2) is 5.60 Å². The fourth-order valence-electron chi connectivity index (χ4n) is 3.63. The molecule has 1 atom stereocenters. The Morgan fingerprint density at radius 3 is 2.03 bits per heavy atom. The molecule has 2 aliphatic heterocycles. The number of amides is 1. The molecule has 2 heterocycles. The van der Waals surface area contributed by atoms with Crippen LogP contribution in [0.25, 0.3) is 0 Å². The number of para-hydroxylation sites is 1. The summed E-state index contributed by atoms with van der Waals surface area (Å²) in [5.74, 6) is -5.80. The summed E-state index contributed by atoms with van der Waals surface area (Å²) < 4.78 is 0. The summed E-state index contributed by atoms with van der Waals surface area (Å²) in [5, 5.41) is 47.2. The van der Waals surface area contributed by atoms with E-state index in [9.17, 15) is 24.0 Å². The van der Waals surface area contributed by atoms with E-state index >= 15 is 0 Å². The Bertz CT molecular complexity index is 1130. The second-order valence-electron chi connectivity index (χ2n) is 8.98. The first-order chi connectivity index (χ1) is 18.1. The van der Waals surface area contributed by atoms with Crippen molar-refractivity contribution in [2.45, 2.75) is 38.3 Å². The van der Waals surface area contributed by atoms with Crippen LogP contribution in [0.3, 0.4) is 0 Å². The molecule has 15 heteroatoms. The number of aliphatic carboxylic acids is 4. The minimum atomic E-state index is -2.74. The Hall–Kier alpha value is -4.50. The van der Waals surface area contributed by atoms with E-state index in [1.165, 1.54) is 0 Å². The Kier molecular flexibility index (Phi) is 12.0. The van der Waals surface area contributed by atoms with Gasteiger partial charge in [0.1, 0.15) is 11.7 Å². The van der Waals surface area contributed by atoms with Crippen molar-refractivity contribution in [3.05, 3.63) is 41.2 Å². The average molecular weight is 552 g/mol. The van der Waals surface area contributed by atoms with Crippen LogP contribution < -0.4 is 16.4 Å². The zero-order valence-corrected chi connectivity index (χ0v) is 21.6. The molecule has 39 heavy (non-hydrogen) atoms. The highest BCUT2D eigenvalue weighted by Crippen LogP contribution is 2.42. The minimum Gasteiger partial charge on any atom is -0.481 e. The summed E-state index contributed by atoms with van der Waals surface area (Å²) in [6.45, 7) is 5.26. The second kappa shape index (κ2) is 14.4. The molecule has 0 aliphatic carbocycles. The Labute approximate surface area is 223 Å². The van der Waals surface area contributed by atoms with Crippen molar-refractivity contribution in [2.75, 3.05) is 25.5 Å². The molecule has 0 saturated heterocycles. The lowest BCUT2D eigenvalue weighted by Crippen LogP contribution is -2.42. The highest BCUT2D eigenvalue weighted by Gasteiger charge is 2.41. The molecule has 0 radical (unpaired) electrons. The molecule has 0 saturated carbocycles. The second-order valence-corrected chi connectivity index (χ2v) is 8.98. The lowest BCUT2D eigenvalue weighted by molar-refractivity contribution is -0.170. The van der Waals surface area contributed by atoms with E-state index in [4.69, 9.17) is 31.3 Å². The summed E-state index contributed by atoms with van der Waals surface area (Å²) in [5.41, 5.74) is 5.91. The zero-order chi connectivity index (χ0) is 29.9. The van der Waals surface area contributed by atoms with Gasteiger partial charge in [-0.2, -0.15) is 0 Å². The van der Waals surface area contributed by atoms with E-state index in [0.717, 1.165) is 23.5 Å². The van der Waals surface area contributed by atoms with Crippen molar-refractivity contribution in [1.82, 2.24) is 10.2 Å². The molecule has 9 N–H and O–H groups in total. The van der Waals surface area contributed by atoms with Gasteiger partial charge in [0.25, 0.3) is 5.91 Å². The number of nitrogens with one attached hydrogen (secondary N) is 2. The summed E-state index contributed by atoms with van der Waals surface area (Å²) in [7, 11) is 1.59. The van der Waals surface area contributed by atoms with Gasteiger partial charge in [0.05, 0.1) is 31.4 Å². The van der Waals surface area contributed by atoms with E-state index in [2.05, 4.69) is 40.4 Å². The fourth-order valence-corrected chi connectivity index (χ4v) is 3.63. The van der Waals surface area contributed by atoms with Crippen LogP contribution in [0.5, 0.6) is 0 Å². The highest BCUT2D eigenvalue weighted by atomic mass is 16.4. The van der Waals surface area contributed by atoms with Crippen molar-refractivity contribution < 1.29 is 49.5 Å². The predicted molar refractivity (Wildman–Crippen MR) is 138 cm³/mol. The number of carboxylic acid groups (broad SMARTS) is 4. The first-order valence-electron chi connectivity index (χ1n) is 11.6. The lowest BCUT2D eigenvalue weighted by atomic mass is 9.95. The van der Waals surface area contributed by atoms with Crippen molar-refractivity contribution in [3.8, 4) is 0 Å². The molecular formula is C24H33N5O10. The number of nitrogens with two attached hydrogens (primary N) is 1. The van der Waals surface area contributed by atoms with E-state index in [-0.39, 0.29) is 12.6 Å². The maximum atomic E-state index is 11.6. The maximum absolute atomic E-state index is 11.6. The Morgan fingerprint density at radius 1 is 1.05 bits per heavy atom. The van der Waals surface area contributed by atoms with Gasteiger partial charge >= 0.3 is 23.9 Å². The van der Waals surface area contributed by atoms with Crippen molar-refractivity contribution in [2.24, 2.45) is 16.6 Å². The molecule has 1 unspecified atom stereocenters. The van der Waals surface area contributed by atoms with Crippen LogP contribution in [-0.4, -0.2) is 92.3 Å². The maximum Gasteiger partial charge on any atom is 0.336 e. The van der Waals surface area contributed by atoms with Crippen molar-refractivity contribution in [3.63, 3.8) is 0 Å². The number of hydrogen-bond donors (Lipinski definition) is 8. The van der Waals surface area contributed by atoms with Crippen molar-refractivity contribution in [1.29, 1.82) is 0 Å². The molecule has 3 rings (SSSR count). The number of hydrogen-bond acceptors (Lipinski definition) is 10. The number of aliphatic imine (C=N–C) groups is 1. The fraction of sp³-hybridized carbons (Fsp3) is 0.417. The normalized spacial score (nSPS) is 15.1. The Morgan fingerprint density at radius 2 is 1.62 bits per heavy atom. The Balaban J connectivity index is 0.000000345.